The van der Waals surface area contributed by atoms with E-state index in [4.69, 9.17) is 0 Å². The van der Waals surface area contributed by atoms with Gasteiger partial charge >= 0.3 is 6.18 Å². The number of Topliss-reactive ketones (excluding diaryl/α,β-unsaturated/α-hetero) is 1. The van der Waals surface area contributed by atoms with Crippen molar-refractivity contribution in [2.75, 3.05) is 0 Å². The standard InChI is InChI=1S/C14H12BrF3O/c15-12-7-6-10(14(16,17)18)8-11(12)13(19)9-4-2-1-3-5-9/h4,6-8H,1-3,5H2. The third kappa shape index (κ3) is 3.26. The molecule has 1 aliphatic rings. The maximum absolute atomic E-state index is 12.7. The molecule has 102 valence electrons. The van der Waals surface area contributed by atoms with Crippen molar-refractivity contribution in [3.05, 3.63) is 45.4 Å². The molecule has 19 heavy (non-hydrogen) atoms. The van der Waals surface area contributed by atoms with Gasteiger partial charge in [-0.15, -0.1) is 0 Å². The summed E-state index contributed by atoms with van der Waals surface area (Å²) in [5.41, 5.74) is -0.0929. The van der Waals surface area contributed by atoms with Crippen molar-refractivity contribution in [1.82, 2.24) is 0 Å². The molecule has 1 nitrogen and oxygen atoms in total. The monoisotopic (exact) mass is 332 g/mol. The maximum atomic E-state index is 12.7. The van der Waals surface area contributed by atoms with E-state index in [9.17, 15) is 18.0 Å². The summed E-state index contributed by atoms with van der Waals surface area (Å²) in [7, 11) is 0. The van der Waals surface area contributed by atoms with Gasteiger partial charge in [-0.3, -0.25) is 4.79 Å². The predicted molar refractivity (Wildman–Crippen MR) is 70.0 cm³/mol. The Morgan fingerprint density at radius 2 is 1.95 bits per heavy atom. The van der Waals surface area contributed by atoms with Crippen LogP contribution in [0.3, 0.4) is 0 Å². The number of alkyl halides is 3. The van der Waals surface area contributed by atoms with Gasteiger partial charge in [0.25, 0.3) is 0 Å². The highest BCUT2D eigenvalue weighted by Crippen LogP contribution is 2.33. The molecule has 0 heterocycles. The Kier molecular flexibility index (Phi) is 4.13. The minimum atomic E-state index is -4.43. The number of allylic oxidation sites excluding steroid dienone is 2. The molecule has 0 aliphatic heterocycles. The summed E-state index contributed by atoms with van der Waals surface area (Å²) >= 11 is 3.15. The van der Waals surface area contributed by atoms with Crippen LogP contribution in [0.1, 0.15) is 41.6 Å². The van der Waals surface area contributed by atoms with E-state index >= 15 is 0 Å². The fraction of sp³-hybridized carbons (Fsp3) is 0.357. The molecule has 0 spiro atoms. The second-order valence-electron chi connectivity index (χ2n) is 4.50. The quantitative estimate of drug-likeness (QED) is 0.684. The number of benzene rings is 1. The molecule has 0 unspecified atom stereocenters. The first-order chi connectivity index (χ1) is 8.89. The number of ketones is 1. The minimum Gasteiger partial charge on any atom is -0.289 e. The van der Waals surface area contributed by atoms with Gasteiger partial charge in [0.15, 0.2) is 5.78 Å². The summed E-state index contributed by atoms with van der Waals surface area (Å²) in [4.78, 5) is 12.2. The van der Waals surface area contributed by atoms with Gasteiger partial charge in [0.1, 0.15) is 0 Å². The Balaban J connectivity index is 2.38. The van der Waals surface area contributed by atoms with Crippen LogP contribution in [0.25, 0.3) is 0 Å². The minimum absolute atomic E-state index is 0.0861. The van der Waals surface area contributed by atoms with Crippen molar-refractivity contribution in [2.45, 2.75) is 31.9 Å². The van der Waals surface area contributed by atoms with E-state index in [1.807, 2.05) is 6.08 Å². The molecule has 1 aliphatic carbocycles. The summed E-state index contributed by atoms with van der Waals surface area (Å²) in [6.45, 7) is 0. The molecule has 0 N–H and O–H groups in total. The highest BCUT2D eigenvalue weighted by Gasteiger charge is 2.31. The zero-order chi connectivity index (χ0) is 14.0. The van der Waals surface area contributed by atoms with E-state index in [0.717, 1.165) is 31.4 Å². The van der Waals surface area contributed by atoms with E-state index in [1.54, 1.807) is 0 Å². The van der Waals surface area contributed by atoms with E-state index in [-0.39, 0.29) is 11.3 Å². The van der Waals surface area contributed by atoms with Gasteiger partial charge in [-0.1, -0.05) is 22.0 Å². The Morgan fingerprint density at radius 3 is 2.53 bits per heavy atom. The molecule has 0 bridgehead atoms. The average Bonchev–Trinajstić information content (AvgIpc) is 2.38. The number of carbonyl (C=O) groups is 1. The molecular formula is C14H12BrF3O. The van der Waals surface area contributed by atoms with Crippen molar-refractivity contribution in [3.8, 4) is 0 Å². The zero-order valence-corrected chi connectivity index (χ0v) is 11.6. The highest BCUT2D eigenvalue weighted by molar-refractivity contribution is 9.10. The number of halogens is 4. The molecule has 0 radical (unpaired) electrons. The first-order valence-corrected chi connectivity index (χ1v) is 6.79. The second-order valence-corrected chi connectivity index (χ2v) is 5.35. The Morgan fingerprint density at radius 1 is 1.21 bits per heavy atom. The van der Waals surface area contributed by atoms with Gasteiger partial charge in [0.2, 0.25) is 0 Å². The fourth-order valence-corrected chi connectivity index (χ4v) is 2.52. The lowest BCUT2D eigenvalue weighted by molar-refractivity contribution is -0.137. The normalized spacial score (nSPS) is 16.1. The van der Waals surface area contributed by atoms with Gasteiger partial charge in [-0.05, 0) is 49.5 Å². The third-order valence-electron chi connectivity index (χ3n) is 3.12. The molecule has 0 atom stereocenters. The number of carbonyl (C=O) groups excluding carboxylic acids is 1. The largest absolute Gasteiger partial charge is 0.416 e. The van der Waals surface area contributed by atoms with Crippen LogP contribution in [0.15, 0.2) is 34.3 Å². The first kappa shape index (κ1) is 14.3. The van der Waals surface area contributed by atoms with Crippen LogP contribution in [0.5, 0.6) is 0 Å². The van der Waals surface area contributed by atoms with Crippen LogP contribution in [0.2, 0.25) is 0 Å². The molecule has 0 amide bonds. The van der Waals surface area contributed by atoms with E-state index in [1.165, 1.54) is 6.07 Å². The van der Waals surface area contributed by atoms with Gasteiger partial charge in [-0.25, -0.2) is 0 Å². The molecular weight excluding hydrogens is 321 g/mol. The van der Waals surface area contributed by atoms with Crippen LogP contribution >= 0.6 is 15.9 Å². The lowest BCUT2D eigenvalue weighted by atomic mass is 9.92. The molecule has 1 aromatic carbocycles. The van der Waals surface area contributed by atoms with Gasteiger partial charge < -0.3 is 0 Å². The van der Waals surface area contributed by atoms with Gasteiger partial charge in [0, 0.05) is 10.0 Å². The topological polar surface area (TPSA) is 17.1 Å². The number of hydrogen-bond acceptors (Lipinski definition) is 1. The van der Waals surface area contributed by atoms with E-state index in [0.29, 0.717) is 16.5 Å². The Hall–Kier alpha value is -1.10. The smallest absolute Gasteiger partial charge is 0.289 e. The lowest BCUT2D eigenvalue weighted by Crippen LogP contribution is -2.11. The summed E-state index contributed by atoms with van der Waals surface area (Å²) in [6.07, 6.45) is 0.795. The number of rotatable bonds is 2. The molecule has 0 saturated carbocycles. The molecule has 1 aromatic rings. The maximum Gasteiger partial charge on any atom is 0.416 e. The summed E-state index contributed by atoms with van der Waals surface area (Å²) in [5.74, 6) is -0.308. The lowest BCUT2D eigenvalue weighted by Gasteiger charge is -2.14. The van der Waals surface area contributed by atoms with Crippen LogP contribution < -0.4 is 0 Å². The highest BCUT2D eigenvalue weighted by atomic mass is 79.9. The van der Waals surface area contributed by atoms with Gasteiger partial charge in [0.05, 0.1) is 5.56 Å². The number of hydrogen-bond donors (Lipinski definition) is 0. The van der Waals surface area contributed by atoms with Crippen molar-refractivity contribution in [3.63, 3.8) is 0 Å². The predicted octanol–water partition coefficient (Wildman–Crippen LogP) is 5.15. The van der Waals surface area contributed by atoms with Crippen LogP contribution in [0, 0.1) is 0 Å². The first-order valence-electron chi connectivity index (χ1n) is 6.00. The molecule has 0 fully saturated rings. The summed E-state index contributed by atoms with van der Waals surface area (Å²) < 4.78 is 38.4. The average molecular weight is 333 g/mol. The molecule has 5 heteroatoms. The SMILES string of the molecule is O=C(C1=CCCCC1)c1cc(C(F)(F)F)ccc1Br. The van der Waals surface area contributed by atoms with Gasteiger partial charge in [-0.2, -0.15) is 13.2 Å². The second kappa shape index (κ2) is 5.49. The Labute approximate surface area is 117 Å². The molecule has 0 saturated heterocycles. The van der Waals surface area contributed by atoms with Crippen molar-refractivity contribution >= 4 is 21.7 Å². The summed E-state index contributed by atoms with van der Waals surface area (Å²) in [5, 5.41) is 0. The summed E-state index contributed by atoms with van der Waals surface area (Å²) in [6, 6.07) is 3.16. The molecule has 2 rings (SSSR count). The van der Waals surface area contributed by atoms with Crippen molar-refractivity contribution < 1.29 is 18.0 Å². The molecule has 0 aromatic heterocycles. The Bertz CT molecular complexity index is 532. The van der Waals surface area contributed by atoms with E-state index in [2.05, 4.69) is 15.9 Å². The van der Waals surface area contributed by atoms with Crippen molar-refractivity contribution in [1.29, 1.82) is 0 Å². The van der Waals surface area contributed by atoms with E-state index < -0.39 is 11.7 Å². The third-order valence-corrected chi connectivity index (χ3v) is 3.81. The van der Waals surface area contributed by atoms with Crippen LogP contribution in [-0.2, 0) is 6.18 Å². The fourth-order valence-electron chi connectivity index (χ4n) is 2.09. The van der Waals surface area contributed by atoms with Crippen molar-refractivity contribution in [2.24, 2.45) is 0 Å². The zero-order valence-electron chi connectivity index (χ0n) is 10.1. The van der Waals surface area contributed by atoms with Crippen LogP contribution in [-0.4, -0.2) is 5.78 Å². The van der Waals surface area contributed by atoms with Crippen LogP contribution in [0.4, 0.5) is 13.2 Å².